The molecule has 0 aliphatic carbocycles. The molecular weight excluding hydrogens is 376 g/mol. The lowest BCUT2D eigenvalue weighted by atomic mass is 10.0. The summed E-state index contributed by atoms with van der Waals surface area (Å²) in [6, 6.07) is 13.0. The van der Waals surface area contributed by atoms with E-state index in [2.05, 4.69) is 24.0 Å². The molecule has 0 N–H and O–H groups in total. The zero-order chi connectivity index (χ0) is 20.1. The molecule has 1 aromatic heterocycles. The largest absolute Gasteiger partial charge is 0.497 e. The number of benzene rings is 2. The Balaban J connectivity index is 1.67. The Hall–Kier alpha value is -2.80. The van der Waals surface area contributed by atoms with Crippen LogP contribution in [0.25, 0.3) is 11.5 Å². The highest BCUT2D eigenvalue weighted by molar-refractivity contribution is 7.99. The maximum atomic E-state index is 12.4. The van der Waals surface area contributed by atoms with Gasteiger partial charge in [0.2, 0.25) is 5.89 Å². The van der Waals surface area contributed by atoms with Crippen molar-refractivity contribution < 1.29 is 18.7 Å². The third-order valence-corrected chi connectivity index (χ3v) is 5.05. The van der Waals surface area contributed by atoms with E-state index in [1.807, 2.05) is 24.3 Å². The molecule has 28 heavy (non-hydrogen) atoms. The van der Waals surface area contributed by atoms with Gasteiger partial charge in [-0.15, -0.1) is 10.2 Å². The predicted octanol–water partition coefficient (Wildman–Crippen LogP) is 4.85. The lowest BCUT2D eigenvalue weighted by Gasteiger charge is -2.06. The minimum atomic E-state index is 0.0168. The number of carbonyl (C=O) groups is 1. The van der Waals surface area contributed by atoms with Crippen molar-refractivity contribution in [3.05, 3.63) is 53.6 Å². The first-order valence-corrected chi connectivity index (χ1v) is 9.81. The molecule has 0 saturated carbocycles. The average Bonchev–Trinajstić information content (AvgIpc) is 3.20. The number of ketones is 1. The first-order valence-electron chi connectivity index (χ1n) is 8.83. The second kappa shape index (κ2) is 8.93. The summed E-state index contributed by atoms with van der Waals surface area (Å²) in [4.78, 5) is 12.4. The standard InChI is InChI=1S/C21H22N2O4S/c1-13(2)14-5-7-15(8-6-14)19(24)12-28-21-23-22-20(27-21)16-9-17(25-3)11-18(10-16)26-4/h5-11,13H,12H2,1-4H3. The molecule has 2 aromatic carbocycles. The third-order valence-electron chi connectivity index (χ3n) is 4.23. The minimum absolute atomic E-state index is 0.0168. The molecule has 6 nitrogen and oxygen atoms in total. The first kappa shape index (κ1) is 19.9. The van der Waals surface area contributed by atoms with Gasteiger partial charge in [0.25, 0.3) is 5.22 Å². The van der Waals surface area contributed by atoms with Gasteiger partial charge >= 0.3 is 0 Å². The van der Waals surface area contributed by atoms with Crippen molar-refractivity contribution in [2.45, 2.75) is 25.0 Å². The molecule has 146 valence electrons. The normalized spacial score (nSPS) is 10.9. The average molecular weight is 398 g/mol. The van der Waals surface area contributed by atoms with E-state index in [0.717, 1.165) is 0 Å². The molecule has 0 unspecified atom stereocenters. The van der Waals surface area contributed by atoms with Gasteiger partial charge in [-0.05, 0) is 23.6 Å². The second-order valence-electron chi connectivity index (χ2n) is 6.46. The third kappa shape index (κ3) is 4.72. The van der Waals surface area contributed by atoms with Gasteiger partial charge in [-0.1, -0.05) is 49.9 Å². The molecule has 0 amide bonds. The smallest absolute Gasteiger partial charge is 0.277 e. The van der Waals surface area contributed by atoms with Crippen LogP contribution in [0.4, 0.5) is 0 Å². The monoisotopic (exact) mass is 398 g/mol. The van der Waals surface area contributed by atoms with E-state index in [0.29, 0.717) is 39.7 Å². The van der Waals surface area contributed by atoms with Gasteiger partial charge in [0.1, 0.15) is 11.5 Å². The molecule has 0 atom stereocenters. The van der Waals surface area contributed by atoms with E-state index >= 15 is 0 Å². The van der Waals surface area contributed by atoms with Crippen molar-refractivity contribution in [3.63, 3.8) is 0 Å². The molecule has 1 heterocycles. The van der Waals surface area contributed by atoms with Crippen molar-refractivity contribution >= 4 is 17.5 Å². The summed E-state index contributed by atoms with van der Waals surface area (Å²) in [6.07, 6.45) is 0. The summed E-state index contributed by atoms with van der Waals surface area (Å²) >= 11 is 1.22. The van der Waals surface area contributed by atoms with E-state index in [-0.39, 0.29) is 11.5 Å². The van der Waals surface area contributed by atoms with Gasteiger partial charge in [-0.2, -0.15) is 0 Å². The highest BCUT2D eigenvalue weighted by Crippen LogP contribution is 2.30. The van der Waals surface area contributed by atoms with Crippen LogP contribution in [0, 0.1) is 0 Å². The highest BCUT2D eigenvalue weighted by atomic mass is 32.2. The Morgan fingerprint density at radius 3 is 2.25 bits per heavy atom. The lowest BCUT2D eigenvalue weighted by molar-refractivity contribution is 0.102. The van der Waals surface area contributed by atoms with Gasteiger partial charge in [-0.3, -0.25) is 4.79 Å². The minimum Gasteiger partial charge on any atom is -0.497 e. The molecule has 0 radical (unpaired) electrons. The molecule has 0 fully saturated rings. The molecule has 3 aromatic rings. The molecule has 0 saturated heterocycles. The lowest BCUT2D eigenvalue weighted by Crippen LogP contribution is -2.02. The van der Waals surface area contributed by atoms with E-state index in [4.69, 9.17) is 13.9 Å². The number of thioether (sulfide) groups is 1. The van der Waals surface area contributed by atoms with E-state index in [1.54, 1.807) is 32.4 Å². The summed E-state index contributed by atoms with van der Waals surface area (Å²) in [5.41, 5.74) is 2.57. The Labute approximate surface area is 168 Å². The number of ether oxygens (including phenoxy) is 2. The summed E-state index contributed by atoms with van der Waals surface area (Å²) in [6.45, 7) is 4.25. The number of carbonyl (C=O) groups excluding carboxylic acids is 1. The Morgan fingerprint density at radius 2 is 1.68 bits per heavy atom. The number of hydrogen-bond donors (Lipinski definition) is 0. The van der Waals surface area contributed by atoms with Crippen LogP contribution in [-0.4, -0.2) is 36.0 Å². The molecule has 3 rings (SSSR count). The summed E-state index contributed by atoms with van der Waals surface area (Å²) in [5.74, 6) is 2.27. The van der Waals surface area contributed by atoms with Crippen molar-refractivity contribution in [1.29, 1.82) is 0 Å². The molecule has 0 bridgehead atoms. The Bertz CT molecular complexity index is 929. The van der Waals surface area contributed by atoms with Crippen molar-refractivity contribution in [3.8, 4) is 23.0 Å². The summed E-state index contributed by atoms with van der Waals surface area (Å²) < 4.78 is 16.2. The van der Waals surface area contributed by atoms with E-state index in [9.17, 15) is 4.79 Å². The molecule has 0 spiro atoms. The zero-order valence-corrected chi connectivity index (χ0v) is 17.1. The number of hydrogen-bond acceptors (Lipinski definition) is 7. The molecule has 0 aliphatic rings. The van der Waals surface area contributed by atoms with Gasteiger partial charge in [0, 0.05) is 17.2 Å². The number of rotatable bonds is 8. The van der Waals surface area contributed by atoms with Crippen LogP contribution in [0.1, 0.15) is 35.7 Å². The van der Waals surface area contributed by atoms with Crippen LogP contribution in [0.2, 0.25) is 0 Å². The fourth-order valence-electron chi connectivity index (χ4n) is 2.58. The van der Waals surface area contributed by atoms with Gasteiger partial charge in [0.05, 0.1) is 20.0 Å². The van der Waals surface area contributed by atoms with E-state index < -0.39 is 0 Å². The van der Waals surface area contributed by atoms with Crippen LogP contribution in [-0.2, 0) is 0 Å². The fraction of sp³-hybridized carbons (Fsp3) is 0.286. The Kier molecular flexibility index (Phi) is 6.36. The van der Waals surface area contributed by atoms with Crippen LogP contribution < -0.4 is 9.47 Å². The van der Waals surface area contributed by atoms with Crippen LogP contribution >= 0.6 is 11.8 Å². The van der Waals surface area contributed by atoms with Gasteiger partial charge < -0.3 is 13.9 Å². The summed E-state index contributed by atoms with van der Waals surface area (Å²) in [7, 11) is 3.15. The number of nitrogens with zero attached hydrogens (tertiary/aromatic N) is 2. The quantitative estimate of drug-likeness (QED) is 0.396. The number of methoxy groups -OCH3 is 2. The van der Waals surface area contributed by atoms with Crippen molar-refractivity contribution in [2.75, 3.05) is 20.0 Å². The van der Waals surface area contributed by atoms with Crippen LogP contribution in [0.5, 0.6) is 11.5 Å². The van der Waals surface area contributed by atoms with Crippen LogP contribution in [0.15, 0.2) is 52.1 Å². The van der Waals surface area contributed by atoms with Gasteiger partial charge in [-0.25, -0.2) is 0 Å². The molecular formula is C21H22N2O4S. The number of aromatic nitrogens is 2. The number of Topliss-reactive ketones (excluding diaryl/α,β-unsaturated/α-hetero) is 1. The zero-order valence-electron chi connectivity index (χ0n) is 16.3. The fourth-order valence-corrected chi connectivity index (χ4v) is 3.24. The van der Waals surface area contributed by atoms with Crippen molar-refractivity contribution in [2.24, 2.45) is 0 Å². The maximum absolute atomic E-state index is 12.4. The second-order valence-corrected chi connectivity index (χ2v) is 7.39. The van der Waals surface area contributed by atoms with Crippen LogP contribution in [0.3, 0.4) is 0 Å². The van der Waals surface area contributed by atoms with E-state index in [1.165, 1.54) is 17.3 Å². The predicted molar refractivity (Wildman–Crippen MR) is 108 cm³/mol. The SMILES string of the molecule is COc1cc(OC)cc(-c2nnc(SCC(=O)c3ccc(C(C)C)cc3)o2)c1. The molecule has 0 aliphatic heterocycles. The van der Waals surface area contributed by atoms with Gasteiger partial charge in [0.15, 0.2) is 5.78 Å². The maximum Gasteiger partial charge on any atom is 0.277 e. The first-order chi connectivity index (χ1) is 13.5. The highest BCUT2D eigenvalue weighted by Gasteiger charge is 2.14. The summed E-state index contributed by atoms with van der Waals surface area (Å²) in [5, 5.41) is 8.41. The molecule has 7 heteroatoms. The topological polar surface area (TPSA) is 74.5 Å². The Morgan fingerprint density at radius 1 is 1.04 bits per heavy atom. The van der Waals surface area contributed by atoms with Crippen molar-refractivity contribution in [1.82, 2.24) is 10.2 Å².